The highest BCUT2D eigenvalue weighted by Gasteiger charge is 2.31. The first-order chi connectivity index (χ1) is 9.16. The van der Waals surface area contributed by atoms with Crippen molar-refractivity contribution in [3.63, 3.8) is 0 Å². The van der Waals surface area contributed by atoms with Crippen LogP contribution in [0.2, 0.25) is 0 Å². The fourth-order valence-corrected chi connectivity index (χ4v) is 3.57. The van der Waals surface area contributed by atoms with Crippen LogP contribution in [0.15, 0.2) is 24.3 Å². The number of nitrogens with one attached hydrogen (secondary N) is 1. The number of fused-ring (bicyclic) bond motifs is 1. The van der Waals surface area contributed by atoms with Gasteiger partial charge in [-0.2, -0.15) is 0 Å². The van der Waals surface area contributed by atoms with Crippen LogP contribution >= 0.6 is 11.3 Å². The number of hydrogen-bond acceptors (Lipinski definition) is 3. The zero-order chi connectivity index (χ0) is 13.4. The van der Waals surface area contributed by atoms with Crippen LogP contribution in [0.3, 0.4) is 0 Å². The molecule has 0 radical (unpaired) electrons. The minimum Gasteiger partial charge on any atom is -0.477 e. The Kier molecular flexibility index (Phi) is 3.29. The number of carboxylic acid groups (broad SMARTS) is 1. The van der Waals surface area contributed by atoms with Gasteiger partial charge in [0.15, 0.2) is 0 Å². The Morgan fingerprint density at radius 1 is 1.47 bits per heavy atom. The van der Waals surface area contributed by atoms with Gasteiger partial charge in [0.2, 0.25) is 0 Å². The maximum atomic E-state index is 11.3. The van der Waals surface area contributed by atoms with E-state index in [0.717, 1.165) is 34.0 Å². The normalized spacial score (nSPS) is 21.7. The van der Waals surface area contributed by atoms with Gasteiger partial charge in [0.05, 0.1) is 0 Å². The number of aromatic carboxylic acids is 1. The molecule has 0 spiro atoms. The van der Waals surface area contributed by atoms with Gasteiger partial charge in [-0.3, -0.25) is 0 Å². The van der Waals surface area contributed by atoms with Crippen LogP contribution in [0.25, 0.3) is 10.1 Å². The Bertz CT molecular complexity index is 620. The minimum atomic E-state index is -0.821. The zero-order valence-electron chi connectivity index (χ0n) is 10.8. The highest BCUT2D eigenvalue weighted by atomic mass is 32.1. The molecule has 0 saturated heterocycles. The summed E-state index contributed by atoms with van der Waals surface area (Å²) in [7, 11) is 0. The maximum absolute atomic E-state index is 11.3. The second kappa shape index (κ2) is 4.94. The van der Waals surface area contributed by atoms with E-state index in [2.05, 4.69) is 12.2 Å². The van der Waals surface area contributed by atoms with Crippen LogP contribution in [0.1, 0.15) is 28.6 Å². The third kappa shape index (κ3) is 2.51. The monoisotopic (exact) mass is 275 g/mol. The highest BCUT2D eigenvalue weighted by molar-refractivity contribution is 7.21. The molecule has 2 N–H and O–H groups in total. The van der Waals surface area contributed by atoms with Crippen LogP contribution in [0.4, 0.5) is 0 Å². The van der Waals surface area contributed by atoms with E-state index in [9.17, 15) is 9.90 Å². The van der Waals surface area contributed by atoms with Crippen LogP contribution in [-0.2, 0) is 6.54 Å². The van der Waals surface area contributed by atoms with Crippen LogP contribution in [-0.4, -0.2) is 17.6 Å². The van der Waals surface area contributed by atoms with E-state index >= 15 is 0 Å². The van der Waals surface area contributed by atoms with Gasteiger partial charge >= 0.3 is 5.97 Å². The largest absolute Gasteiger partial charge is 0.477 e. The minimum absolute atomic E-state index is 0.470. The zero-order valence-corrected chi connectivity index (χ0v) is 11.7. The molecular weight excluding hydrogens is 258 g/mol. The second-order valence-corrected chi connectivity index (χ2v) is 6.37. The Morgan fingerprint density at radius 2 is 2.21 bits per heavy atom. The summed E-state index contributed by atoms with van der Waals surface area (Å²) in [6.45, 7) is 3.90. The summed E-state index contributed by atoms with van der Waals surface area (Å²) < 4.78 is 1.05. The standard InChI is InChI=1S/C15H17NO2S/c1-9-6-10(9)7-16-8-12-11-4-2-3-5-13(11)19-14(12)15(17)18/h2-5,9-10,16H,6-8H2,1H3,(H,17,18). The Hall–Kier alpha value is -1.39. The van der Waals surface area contributed by atoms with Crippen molar-refractivity contribution in [2.75, 3.05) is 6.54 Å². The lowest BCUT2D eigenvalue weighted by Crippen LogP contribution is -2.18. The van der Waals surface area contributed by atoms with Crippen molar-refractivity contribution >= 4 is 27.4 Å². The molecule has 2 atom stereocenters. The molecule has 1 aliphatic carbocycles. The number of rotatable bonds is 5. The maximum Gasteiger partial charge on any atom is 0.346 e. The molecule has 1 aromatic heterocycles. The molecule has 19 heavy (non-hydrogen) atoms. The molecule has 0 amide bonds. The van der Waals surface area contributed by atoms with Crippen LogP contribution in [0, 0.1) is 11.8 Å². The highest BCUT2D eigenvalue weighted by Crippen LogP contribution is 2.37. The molecular formula is C15H17NO2S. The average molecular weight is 275 g/mol. The van der Waals surface area contributed by atoms with E-state index in [1.54, 1.807) is 0 Å². The molecule has 1 heterocycles. The van der Waals surface area contributed by atoms with Gasteiger partial charge in [-0.05, 0) is 41.8 Å². The van der Waals surface area contributed by atoms with Crippen LogP contribution < -0.4 is 5.32 Å². The van der Waals surface area contributed by atoms with Gasteiger partial charge in [-0.25, -0.2) is 4.79 Å². The number of thiophene rings is 1. The van der Waals surface area contributed by atoms with E-state index in [4.69, 9.17) is 0 Å². The third-order valence-electron chi connectivity index (χ3n) is 3.88. The Balaban J connectivity index is 1.82. The molecule has 1 saturated carbocycles. The topological polar surface area (TPSA) is 49.3 Å². The summed E-state index contributed by atoms with van der Waals surface area (Å²) in [5.74, 6) is 0.779. The smallest absolute Gasteiger partial charge is 0.346 e. The SMILES string of the molecule is CC1CC1CNCc1c(C(=O)O)sc2ccccc12. The van der Waals surface area contributed by atoms with Crippen molar-refractivity contribution < 1.29 is 9.90 Å². The lowest BCUT2D eigenvalue weighted by molar-refractivity contribution is 0.0701. The lowest BCUT2D eigenvalue weighted by atomic mass is 10.1. The molecule has 0 aliphatic heterocycles. The third-order valence-corrected chi connectivity index (χ3v) is 5.08. The van der Waals surface area contributed by atoms with Crippen molar-refractivity contribution in [3.05, 3.63) is 34.7 Å². The first-order valence-electron chi connectivity index (χ1n) is 6.61. The molecule has 4 heteroatoms. The predicted octanol–water partition coefficient (Wildman–Crippen LogP) is 3.35. The summed E-state index contributed by atoms with van der Waals surface area (Å²) in [6.07, 6.45) is 1.29. The Morgan fingerprint density at radius 3 is 2.89 bits per heavy atom. The number of carbonyl (C=O) groups is 1. The molecule has 2 unspecified atom stereocenters. The first-order valence-corrected chi connectivity index (χ1v) is 7.43. The molecule has 3 rings (SSSR count). The summed E-state index contributed by atoms with van der Waals surface area (Å²) in [5, 5.41) is 13.8. The van der Waals surface area contributed by atoms with Gasteiger partial charge in [-0.1, -0.05) is 25.1 Å². The molecule has 2 aromatic rings. The average Bonchev–Trinajstić information content (AvgIpc) is 2.96. The van der Waals surface area contributed by atoms with Gasteiger partial charge in [0.1, 0.15) is 4.88 Å². The summed E-state index contributed by atoms with van der Waals surface area (Å²) in [5.41, 5.74) is 0.932. The fraction of sp³-hybridized carbons (Fsp3) is 0.400. The lowest BCUT2D eigenvalue weighted by Gasteiger charge is -2.04. The summed E-state index contributed by atoms with van der Waals surface area (Å²) >= 11 is 1.37. The van der Waals surface area contributed by atoms with Crippen molar-refractivity contribution in [2.24, 2.45) is 11.8 Å². The first kappa shape index (κ1) is 12.6. The van der Waals surface area contributed by atoms with Crippen molar-refractivity contribution in [2.45, 2.75) is 19.9 Å². The van der Waals surface area contributed by atoms with Gasteiger partial charge in [0, 0.05) is 11.2 Å². The molecule has 1 aromatic carbocycles. The summed E-state index contributed by atoms with van der Waals surface area (Å²) in [6, 6.07) is 7.91. The van der Waals surface area contributed by atoms with E-state index in [1.165, 1.54) is 17.8 Å². The molecule has 1 fully saturated rings. The van der Waals surface area contributed by atoms with Crippen molar-refractivity contribution in [1.29, 1.82) is 0 Å². The number of carboxylic acids is 1. The summed E-state index contributed by atoms with van der Waals surface area (Å²) in [4.78, 5) is 11.8. The predicted molar refractivity (Wildman–Crippen MR) is 77.8 cm³/mol. The van der Waals surface area contributed by atoms with Crippen molar-refractivity contribution in [1.82, 2.24) is 5.32 Å². The molecule has 0 bridgehead atoms. The van der Waals surface area contributed by atoms with E-state index < -0.39 is 5.97 Å². The van der Waals surface area contributed by atoms with E-state index in [1.807, 2.05) is 24.3 Å². The van der Waals surface area contributed by atoms with Crippen LogP contribution in [0.5, 0.6) is 0 Å². The van der Waals surface area contributed by atoms with Crippen molar-refractivity contribution in [3.8, 4) is 0 Å². The number of hydrogen-bond donors (Lipinski definition) is 2. The molecule has 1 aliphatic rings. The quantitative estimate of drug-likeness (QED) is 0.880. The van der Waals surface area contributed by atoms with Gasteiger partial charge in [-0.15, -0.1) is 11.3 Å². The Labute approximate surface area is 116 Å². The van der Waals surface area contributed by atoms with E-state index in [0.29, 0.717) is 11.4 Å². The molecule has 3 nitrogen and oxygen atoms in total. The number of benzene rings is 1. The second-order valence-electron chi connectivity index (χ2n) is 5.32. The fourth-order valence-electron chi connectivity index (χ4n) is 2.51. The van der Waals surface area contributed by atoms with E-state index in [-0.39, 0.29) is 0 Å². The molecule has 100 valence electrons. The van der Waals surface area contributed by atoms with Gasteiger partial charge in [0.25, 0.3) is 0 Å². The van der Waals surface area contributed by atoms with Gasteiger partial charge < -0.3 is 10.4 Å².